The number of para-hydroxylation sites is 1. The van der Waals surface area contributed by atoms with E-state index in [-0.39, 0.29) is 5.54 Å². The molecule has 0 unspecified atom stereocenters. The molecule has 1 amide bonds. The van der Waals surface area contributed by atoms with Gasteiger partial charge in [0.25, 0.3) is 0 Å². The highest BCUT2D eigenvalue weighted by Gasteiger charge is 2.52. The van der Waals surface area contributed by atoms with E-state index in [4.69, 9.17) is 9.72 Å². The Bertz CT molecular complexity index is 862. The van der Waals surface area contributed by atoms with Crippen LogP contribution in [0.1, 0.15) is 43.4 Å². The monoisotopic (exact) mass is 336 g/mol. The summed E-state index contributed by atoms with van der Waals surface area (Å²) in [5, 5.41) is 1.14. The fraction of sp³-hybridized carbons (Fsp3) is 0.524. The lowest BCUT2D eigenvalue weighted by molar-refractivity contribution is -0.136. The standard InChI is InChI=1S/C21H24N2O2/c1-25-18-7-2-5-14-11-15-13-21-9-4-10-23(21)19(24)8-3-6-16(21)12-17(15)22-20(14)18/h2,5,7,11,16H,3-4,6,8-10,12-13H2,1H3/t16-,21+/m0/s1. The molecule has 5 rings (SSSR count). The molecule has 0 N–H and O–H groups in total. The van der Waals surface area contributed by atoms with Crippen LogP contribution in [0.25, 0.3) is 10.9 Å². The largest absolute Gasteiger partial charge is 0.494 e. The van der Waals surface area contributed by atoms with Crippen molar-refractivity contribution in [3.8, 4) is 5.75 Å². The van der Waals surface area contributed by atoms with Crippen molar-refractivity contribution in [2.45, 2.75) is 50.5 Å². The summed E-state index contributed by atoms with van der Waals surface area (Å²) in [6, 6.07) is 8.40. The van der Waals surface area contributed by atoms with Crippen LogP contribution >= 0.6 is 0 Å². The van der Waals surface area contributed by atoms with Crippen molar-refractivity contribution in [3.05, 3.63) is 35.5 Å². The summed E-state index contributed by atoms with van der Waals surface area (Å²) in [5.41, 5.74) is 3.56. The molecule has 4 nitrogen and oxygen atoms in total. The van der Waals surface area contributed by atoms with Gasteiger partial charge in [0.1, 0.15) is 11.3 Å². The van der Waals surface area contributed by atoms with Crippen molar-refractivity contribution >= 4 is 16.8 Å². The summed E-state index contributed by atoms with van der Waals surface area (Å²) < 4.78 is 5.51. The fourth-order valence-electron chi connectivity index (χ4n) is 5.53. The number of rotatable bonds is 1. The van der Waals surface area contributed by atoms with E-state index in [9.17, 15) is 4.79 Å². The number of benzene rings is 1. The first-order valence-electron chi connectivity index (χ1n) is 9.47. The van der Waals surface area contributed by atoms with Crippen LogP contribution in [-0.4, -0.2) is 35.0 Å². The summed E-state index contributed by atoms with van der Waals surface area (Å²) in [4.78, 5) is 19.9. The van der Waals surface area contributed by atoms with Gasteiger partial charge in [-0.25, -0.2) is 4.98 Å². The maximum absolute atomic E-state index is 12.6. The molecule has 130 valence electrons. The van der Waals surface area contributed by atoms with Crippen LogP contribution in [0.15, 0.2) is 24.3 Å². The Hall–Kier alpha value is -2.10. The third-order valence-corrected chi connectivity index (χ3v) is 6.67. The minimum Gasteiger partial charge on any atom is -0.494 e. The smallest absolute Gasteiger partial charge is 0.223 e. The predicted octanol–water partition coefficient (Wildman–Crippen LogP) is 3.50. The van der Waals surface area contributed by atoms with E-state index in [1.807, 2.05) is 12.1 Å². The topological polar surface area (TPSA) is 42.4 Å². The highest BCUT2D eigenvalue weighted by molar-refractivity contribution is 5.85. The predicted molar refractivity (Wildman–Crippen MR) is 96.7 cm³/mol. The van der Waals surface area contributed by atoms with Crippen molar-refractivity contribution in [3.63, 3.8) is 0 Å². The molecule has 25 heavy (non-hydrogen) atoms. The van der Waals surface area contributed by atoms with Crippen LogP contribution in [0.4, 0.5) is 0 Å². The molecule has 2 saturated heterocycles. The van der Waals surface area contributed by atoms with Gasteiger partial charge >= 0.3 is 0 Å². The third-order valence-electron chi connectivity index (χ3n) is 6.67. The van der Waals surface area contributed by atoms with E-state index in [1.54, 1.807) is 7.11 Å². The SMILES string of the molecule is COc1cccc2cc3c(nc12)C[C@@H]1CCCC(=O)N2CCC[C@@]12C3. The number of amides is 1. The molecule has 1 spiro atoms. The van der Waals surface area contributed by atoms with E-state index >= 15 is 0 Å². The summed E-state index contributed by atoms with van der Waals surface area (Å²) in [6.07, 6.45) is 7.15. The average molecular weight is 336 g/mol. The molecule has 4 heteroatoms. The molecule has 1 aliphatic carbocycles. The van der Waals surface area contributed by atoms with E-state index in [0.717, 1.165) is 68.1 Å². The van der Waals surface area contributed by atoms with Crippen molar-refractivity contribution in [1.29, 1.82) is 0 Å². The first-order chi connectivity index (χ1) is 12.2. The number of nitrogens with zero attached hydrogens (tertiary/aromatic N) is 2. The van der Waals surface area contributed by atoms with Crippen LogP contribution < -0.4 is 4.74 Å². The van der Waals surface area contributed by atoms with Gasteiger partial charge in [-0.2, -0.15) is 0 Å². The summed E-state index contributed by atoms with van der Waals surface area (Å²) >= 11 is 0. The number of carbonyl (C=O) groups is 1. The molecule has 2 fully saturated rings. The van der Waals surface area contributed by atoms with Gasteiger partial charge in [0, 0.05) is 24.0 Å². The molecule has 0 bridgehead atoms. The summed E-state index contributed by atoms with van der Waals surface area (Å²) in [5.74, 6) is 1.77. The van der Waals surface area contributed by atoms with E-state index in [1.165, 1.54) is 11.3 Å². The second-order valence-corrected chi connectivity index (χ2v) is 7.85. The minimum absolute atomic E-state index is 0.0504. The van der Waals surface area contributed by atoms with Gasteiger partial charge in [0.05, 0.1) is 12.6 Å². The van der Waals surface area contributed by atoms with Crippen LogP contribution in [0.3, 0.4) is 0 Å². The molecule has 3 aliphatic rings. The molecular formula is C21H24N2O2. The molecule has 1 aromatic carbocycles. The van der Waals surface area contributed by atoms with Crippen LogP contribution in [0, 0.1) is 5.92 Å². The minimum atomic E-state index is 0.0504. The molecule has 0 radical (unpaired) electrons. The number of hydrogen-bond donors (Lipinski definition) is 0. The summed E-state index contributed by atoms with van der Waals surface area (Å²) in [6.45, 7) is 0.944. The van der Waals surface area contributed by atoms with E-state index in [0.29, 0.717) is 11.8 Å². The number of carbonyl (C=O) groups excluding carboxylic acids is 1. The number of hydrogen-bond acceptors (Lipinski definition) is 3. The molecule has 2 atom stereocenters. The van der Waals surface area contributed by atoms with Gasteiger partial charge in [-0.1, -0.05) is 12.1 Å². The maximum atomic E-state index is 12.6. The Morgan fingerprint density at radius 1 is 1.32 bits per heavy atom. The zero-order chi connectivity index (χ0) is 17.0. The van der Waals surface area contributed by atoms with Crippen molar-refractivity contribution < 1.29 is 9.53 Å². The number of pyridine rings is 1. The Kier molecular flexibility index (Phi) is 3.31. The van der Waals surface area contributed by atoms with Gasteiger partial charge in [0.15, 0.2) is 0 Å². The third kappa shape index (κ3) is 2.12. The average Bonchev–Trinajstić information content (AvgIpc) is 2.99. The second-order valence-electron chi connectivity index (χ2n) is 7.85. The lowest BCUT2D eigenvalue weighted by Crippen LogP contribution is -2.55. The highest BCUT2D eigenvalue weighted by atomic mass is 16.5. The first-order valence-corrected chi connectivity index (χ1v) is 9.47. The zero-order valence-electron chi connectivity index (χ0n) is 14.8. The van der Waals surface area contributed by atoms with E-state index in [2.05, 4.69) is 17.0 Å². The molecule has 3 heterocycles. The lowest BCUT2D eigenvalue weighted by Gasteiger charge is -2.46. The first kappa shape index (κ1) is 15.2. The molecule has 0 saturated carbocycles. The van der Waals surface area contributed by atoms with Gasteiger partial charge < -0.3 is 9.64 Å². The number of methoxy groups -OCH3 is 1. The van der Waals surface area contributed by atoms with Gasteiger partial charge in [-0.3, -0.25) is 4.79 Å². The zero-order valence-corrected chi connectivity index (χ0v) is 14.8. The number of ether oxygens (including phenoxy) is 1. The Morgan fingerprint density at radius 3 is 3.12 bits per heavy atom. The quantitative estimate of drug-likeness (QED) is 0.800. The van der Waals surface area contributed by atoms with Crippen LogP contribution in [-0.2, 0) is 17.6 Å². The Balaban J connectivity index is 1.65. The van der Waals surface area contributed by atoms with Crippen molar-refractivity contribution in [1.82, 2.24) is 9.88 Å². The summed E-state index contributed by atoms with van der Waals surface area (Å²) in [7, 11) is 1.71. The fourth-order valence-corrected chi connectivity index (χ4v) is 5.53. The van der Waals surface area contributed by atoms with Gasteiger partial charge in [-0.05, 0) is 62.1 Å². The number of fused-ring (bicyclic) bond motifs is 2. The molecule has 2 aliphatic heterocycles. The van der Waals surface area contributed by atoms with E-state index < -0.39 is 0 Å². The lowest BCUT2D eigenvalue weighted by atomic mass is 9.68. The van der Waals surface area contributed by atoms with Crippen molar-refractivity contribution in [2.24, 2.45) is 5.92 Å². The second kappa shape index (κ2) is 5.45. The Morgan fingerprint density at radius 2 is 2.24 bits per heavy atom. The number of aromatic nitrogens is 1. The molecule has 2 aromatic rings. The van der Waals surface area contributed by atoms with Crippen LogP contribution in [0.2, 0.25) is 0 Å². The molecule has 1 aromatic heterocycles. The van der Waals surface area contributed by atoms with Crippen LogP contribution in [0.5, 0.6) is 5.75 Å². The van der Waals surface area contributed by atoms with Gasteiger partial charge in [0.2, 0.25) is 5.91 Å². The molecular weight excluding hydrogens is 312 g/mol. The normalized spacial score (nSPS) is 28.3. The maximum Gasteiger partial charge on any atom is 0.223 e. The Labute approximate surface area is 148 Å². The van der Waals surface area contributed by atoms with Gasteiger partial charge in [-0.15, -0.1) is 0 Å². The highest BCUT2D eigenvalue weighted by Crippen LogP contribution is 2.48. The van der Waals surface area contributed by atoms with Crippen molar-refractivity contribution in [2.75, 3.05) is 13.7 Å².